The predicted octanol–water partition coefficient (Wildman–Crippen LogP) is 10.7. The molecule has 0 rings (SSSR count). The number of esters is 1. The first-order valence-electron chi connectivity index (χ1n) is 16.2. The van der Waals surface area contributed by atoms with Crippen molar-refractivity contribution in [1.82, 2.24) is 0 Å². The lowest BCUT2D eigenvalue weighted by Gasteiger charge is -2.13. The molecular formula is C34H62O4. The van der Waals surface area contributed by atoms with Gasteiger partial charge >= 0.3 is 11.9 Å². The highest BCUT2D eigenvalue weighted by Gasteiger charge is 2.22. The molecule has 0 aromatic carbocycles. The van der Waals surface area contributed by atoms with Gasteiger partial charge < -0.3 is 9.84 Å². The number of carbonyl (C=O) groups excluding carboxylic acids is 1. The first-order valence-corrected chi connectivity index (χ1v) is 16.2. The fraction of sp³-hybridized carbons (Fsp3) is 0.824. The Balaban J connectivity index is 3.32. The summed E-state index contributed by atoms with van der Waals surface area (Å²) in [6, 6.07) is 0. The van der Waals surface area contributed by atoms with Crippen LogP contribution in [0.5, 0.6) is 0 Å². The predicted molar refractivity (Wildman–Crippen MR) is 163 cm³/mol. The molecule has 0 saturated heterocycles. The van der Waals surface area contributed by atoms with Crippen LogP contribution < -0.4 is 0 Å². The molecule has 0 fully saturated rings. The Hall–Kier alpha value is -1.58. The molecule has 0 aliphatic carbocycles. The number of carbonyl (C=O) groups is 2. The van der Waals surface area contributed by atoms with Crippen LogP contribution in [0.4, 0.5) is 0 Å². The topological polar surface area (TPSA) is 63.6 Å². The standard InChI is InChI=1S/C34H62O4/c1-3-5-6-7-8-9-10-11-12-13-14-15-16-17-18-19-20-21-22-23-24-25-26-27-28-29-32(31-33(35)36)34(37)38-30-4-2/h3-4,32H,1-2,5-31H2,(H,35,36). The molecule has 0 radical (unpaired) electrons. The molecule has 0 amide bonds. The van der Waals surface area contributed by atoms with E-state index in [1.165, 1.54) is 141 Å². The molecule has 0 aliphatic heterocycles. The fourth-order valence-electron chi connectivity index (χ4n) is 5.16. The summed E-state index contributed by atoms with van der Waals surface area (Å²) < 4.78 is 5.04. The summed E-state index contributed by atoms with van der Waals surface area (Å²) in [4.78, 5) is 23.0. The SMILES string of the molecule is C=CCCCCCCCCCCCCCCCCCCCCCCCCCC(CC(=O)O)C(=O)OCC=C. The summed E-state index contributed by atoms with van der Waals surface area (Å²) in [5.41, 5.74) is 0. The first kappa shape index (κ1) is 36.4. The smallest absolute Gasteiger partial charge is 0.309 e. The summed E-state index contributed by atoms with van der Waals surface area (Å²) in [7, 11) is 0. The van der Waals surface area contributed by atoms with Gasteiger partial charge in [-0.05, 0) is 19.3 Å². The average molecular weight is 535 g/mol. The van der Waals surface area contributed by atoms with Gasteiger partial charge in [-0.15, -0.1) is 6.58 Å². The van der Waals surface area contributed by atoms with E-state index in [4.69, 9.17) is 9.84 Å². The van der Waals surface area contributed by atoms with E-state index in [0.717, 1.165) is 19.3 Å². The molecule has 222 valence electrons. The van der Waals surface area contributed by atoms with Gasteiger partial charge in [0.1, 0.15) is 6.61 Å². The van der Waals surface area contributed by atoms with Crippen LogP contribution in [-0.2, 0) is 14.3 Å². The number of carboxylic acid groups (broad SMARTS) is 1. The molecule has 0 spiro atoms. The number of allylic oxidation sites excluding steroid dienone is 1. The summed E-state index contributed by atoms with van der Waals surface area (Å²) in [5, 5.41) is 9.02. The van der Waals surface area contributed by atoms with E-state index in [1.807, 2.05) is 6.08 Å². The molecule has 0 bridgehead atoms. The van der Waals surface area contributed by atoms with Gasteiger partial charge in [0.05, 0.1) is 12.3 Å². The molecule has 38 heavy (non-hydrogen) atoms. The van der Waals surface area contributed by atoms with Gasteiger partial charge in [-0.3, -0.25) is 9.59 Å². The van der Waals surface area contributed by atoms with Crippen LogP contribution >= 0.6 is 0 Å². The lowest BCUT2D eigenvalue weighted by Crippen LogP contribution is -2.21. The average Bonchev–Trinajstić information content (AvgIpc) is 2.90. The number of hydrogen-bond acceptors (Lipinski definition) is 3. The molecule has 1 unspecified atom stereocenters. The summed E-state index contributed by atoms with van der Waals surface area (Å²) in [6.07, 6.45) is 36.1. The minimum absolute atomic E-state index is 0.145. The summed E-state index contributed by atoms with van der Waals surface area (Å²) in [6.45, 7) is 7.45. The molecule has 4 heteroatoms. The van der Waals surface area contributed by atoms with E-state index in [1.54, 1.807) is 0 Å². The van der Waals surface area contributed by atoms with Crippen LogP contribution in [-0.4, -0.2) is 23.7 Å². The van der Waals surface area contributed by atoms with Crippen molar-refractivity contribution in [2.24, 2.45) is 5.92 Å². The highest BCUT2D eigenvalue weighted by Crippen LogP contribution is 2.18. The zero-order valence-electron chi connectivity index (χ0n) is 24.9. The highest BCUT2D eigenvalue weighted by atomic mass is 16.5. The van der Waals surface area contributed by atoms with Crippen LogP contribution in [0.2, 0.25) is 0 Å². The van der Waals surface area contributed by atoms with E-state index < -0.39 is 17.9 Å². The molecule has 0 aliphatic rings. The molecule has 0 heterocycles. The van der Waals surface area contributed by atoms with Crippen molar-refractivity contribution in [3.05, 3.63) is 25.3 Å². The summed E-state index contributed by atoms with van der Waals surface area (Å²) >= 11 is 0. The minimum Gasteiger partial charge on any atom is -0.481 e. The van der Waals surface area contributed by atoms with E-state index >= 15 is 0 Å². The molecule has 0 aromatic heterocycles. The summed E-state index contributed by atoms with van der Waals surface area (Å²) in [5.74, 6) is -1.88. The van der Waals surface area contributed by atoms with E-state index in [2.05, 4.69) is 13.2 Å². The van der Waals surface area contributed by atoms with Crippen LogP contribution in [0.1, 0.15) is 167 Å². The normalized spacial score (nSPS) is 11.8. The number of rotatable bonds is 31. The Morgan fingerprint density at radius 2 is 0.895 bits per heavy atom. The minimum atomic E-state index is -0.941. The second-order valence-electron chi connectivity index (χ2n) is 11.2. The highest BCUT2D eigenvalue weighted by molar-refractivity contribution is 5.79. The monoisotopic (exact) mass is 534 g/mol. The molecular weight excluding hydrogens is 472 g/mol. The van der Waals surface area contributed by atoms with E-state index in [9.17, 15) is 9.59 Å². The van der Waals surface area contributed by atoms with Crippen molar-refractivity contribution in [2.75, 3.05) is 6.61 Å². The zero-order chi connectivity index (χ0) is 27.9. The number of hydrogen-bond donors (Lipinski definition) is 1. The van der Waals surface area contributed by atoms with Gasteiger partial charge in [-0.25, -0.2) is 0 Å². The first-order chi connectivity index (χ1) is 18.6. The number of aliphatic carboxylic acids is 1. The van der Waals surface area contributed by atoms with Gasteiger partial charge in [0.25, 0.3) is 0 Å². The van der Waals surface area contributed by atoms with Crippen molar-refractivity contribution in [1.29, 1.82) is 0 Å². The third-order valence-electron chi connectivity index (χ3n) is 7.56. The van der Waals surface area contributed by atoms with Crippen LogP contribution in [0.15, 0.2) is 25.3 Å². The van der Waals surface area contributed by atoms with Crippen LogP contribution in [0.3, 0.4) is 0 Å². The van der Waals surface area contributed by atoms with Crippen molar-refractivity contribution >= 4 is 11.9 Å². The number of carboxylic acids is 1. The van der Waals surface area contributed by atoms with Crippen LogP contribution in [0.25, 0.3) is 0 Å². The Bertz CT molecular complexity index is 557. The molecule has 0 aromatic rings. The Morgan fingerprint density at radius 3 is 1.21 bits per heavy atom. The third kappa shape index (κ3) is 27.5. The second-order valence-corrected chi connectivity index (χ2v) is 11.2. The molecule has 4 nitrogen and oxygen atoms in total. The lowest BCUT2D eigenvalue weighted by molar-refractivity contribution is -0.152. The Morgan fingerprint density at radius 1 is 0.553 bits per heavy atom. The van der Waals surface area contributed by atoms with Crippen molar-refractivity contribution in [3.63, 3.8) is 0 Å². The zero-order valence-corrected chi connectivity index (χ0v) is 24.9. The van der Waals surface area contributed by atoms with Gasteiger partial charge in [0.2, 0.25) is 0 Å². The van der Waals surface area contributed by atoms with Gasteiger partial charge in [0.15, 0.2) is 0 Å². The van der Waals surface area contributed by atoms with Crippen molar-refractivity contribution in [2.45, 2.75) is 167 Å². The molecule has 1 N–H and O–H groups in total. The number of ether oxygens (including phenoxy) is 1. The van der Waals surface area contributed by atoms with E-state index in [-0.39, 0.29) is 13.0 Å². The fourth-order valence-corrected chi connectivity index (χ4v) is 5.16. The van der Waals surface area contributed by atoms with E-state index in [0.29, 0.717) is 6.42 Å². The Labute approximate surface area is 236 Å². The largest absolute Gasteiger partial charge is 0.481 e. The van der Waals surface area contributed by atoms with Crippen molar-refractivity contribution < 1.29 is 19.4 Å². The lowest BCUT2D eigenvalue weighted by atomic mass is 9.97. The van der Waals surface area contributed by atoms with Crippen molar-refractivity contribution in [3.8, 4) is 0 Å². The second kappa shape index (κ2) is 30.0. The quantitative estimate of drug-likeness (QED) is 0.0545. The Kier molecular flexibility index (Phi) is 28.7. The molecule has 0 saturated carbocycles. The maximum atomic E-state index is 12.0. The molecule has 1 atom stereocenters. The van der Waals surface area contributed by atoms with Gasteiger partial charge in [-0.1, -0.05) is 160 Å². The maximum absolute atomic E-state index is 12.0. The van der Waals surface area contributed by atoms with Gasteiger partial charge in [0, 0.05) is 0 Å². The number of unbranched alkanes of at least 4 members (excludes halogenated alkanes) is 23. The third-order valence-corrected chi connectivity index (χ3v) is 7.56. The van der Waals surface area contributed by atoms with Gasteiger partial charge in [-0.2, -0.15) is 0 Å². The maximum Gasteiger partial charge on any atom is 0.309 e. The van der Waals surface area contributed by atoms with Crippen LogP contribution in [0, 0.1) is 5.92 Å².